The molecule has 2 aliphatic rings. The minimum absolute atomic E-state index is 0.00810. The Morgan fingerprint density at radius 2 is 1.54 bits per heavy atom. The first-order valence-electron chi connectivity index (χ1n) is 4.99. The lowest BCUT2D eigenvalue weighted by atomic mass is 9.68. The van der Waals surface area contributed by atoms with Crippen LogP contribution in [0.5, 0.6) is 0 Å². The van der Waals surface area contributed by atoms with E-state index in [1.165, 1.54) is 0 Å². The van der Waals surface area contributed by atoms with Crippen molar-refractivity contribution >= 4 is 7.12 Å². The second-order valence-electron chi connectivity index (χ2n) is 5.04. The zero-order chi connectivity index (χ0) is 9.69. The highest BCUT2D eigenvalue weighted by atomic mass is 16.7. The van der Waals surface area contributed by atoms with E-state index in [-0.39, 0.29) is 18.3 Å². The Kier molecular flexibility index (Phi) is 1.99. The predicted molar refractivity (Wildman–Crippen MR) is 52.7 cm³/mol. The summed E-state index contributed by atoms with van der Waals surface area (Å²) in [5, 5.41) is 3.23. The van der Waals surface area contributed by atoms with Gasteiger partial charge in [-0.3, -0.25) is 0 Å². The molecule has 3 nitrogen and oxygen atoms in total. The van der Waals surface area contributed by atoms with Gasteiger partial charge >= 0.3 is 7.12 Å². The Morgan fingerprint density at radius 1 is 1.08 bits per heavy atom. The van der Waals surface area contributed by atoms with Gasteiger partial charge in [0.2, 0.25) is 0 Å². The molecule has 0 amide bonds. The maximum absolute atomic E-state index is 5.91. The van der Waals surface area contributed by atoms with Crippen LogP contribution >= 0.6 is 0 Å². The Hall–Kier alpha value is -0.0551. The van der Waals surface area contributed by atoms with Crippen LogP contribution < -0.4 is 5.32 Å². The van der Waals surface area contributed by atoms with Gasteiger partial charge in [-0.05, 0) is 40.8 Å². The first kappa shape index (κ1) is 9.50. The van der Waals surface area contributed by atoms with Crippen molar-refractivity contribution in [1.29, 1.82) is 0 Å². The molecule has 0 aromatic rings. The zero-order valence-corrected chi connectivity index (χ0v) is 8.89. The lowest BCUT2D eigenvalue weighted by Gasteiger charge is -2.32. The average molecular weight is 183 g/mol. The second-order valence-corrected chi connectivity index (χ2v) is 5.04. The Labute approximate surface area is 80.3 Å². The van der Waals surface area contributed by atoms with Crippen LogP contribution in [0.15, 0.2) is 0 Å². The average Bonchev–Trinajstić information content (AvgIpc) is 1.96. The molecule has 0 aromatic carbocycles. The van der Waals surface area contributed by atoms with Crippen molar-refractivity contribution in [2.75, 3.05) is 13.1 Å². The third-order valence-electron chi connectivity index (χ3n) is 3.47. The Balaban J connectivity index is 2.05. The predicted octanol–water partition coefficient (Wildman–Crippen LogP) is 1.05. The normalized spacial score (nSPS) is 31.8. The maximum Gasteiger partial charge on any atom is 0.463 e. The smallest absolute Gasteiger partial charge is 0.403 e. The zero-order valence-electron chi connectivity index (χ0n) is 8.89. The van der Waals surface area contributed by atoms with Gasteiger partial charge in [0.1, 0.15) is 0 Å². The number of hydrogen-bond donors (Lipinski definition) is 1. The first-order chi connectivity index (χ1) is 5.92. The van der Waals surface area contributed by atoms with Crippen molar-refractivity contribution in [1.82, 2.24) is 5.32 Å². The largest absolute Gasteiger partial charge is 0.463 e. The molecule has 2 saturated heterocycles. The van der Waals surface area contributed by atoms with Crippen molar-refractivity contribution in [2.45, 2.75) is 44.7 Å². The highest BCUT2D eigenvalue weighted by Crippen LogP contribution is 2.40. The Morgan fingerprint density at radius 3 is 1.85 bits per heavy atom. The molecule has 0 spiro atoms. The van der Waals surface area contributed by atoms with Crippen LogP contribution in [0.3, 0.4) is 0 Å². The van der Waals surface area contributed by atoms with Crippen LogP contribution in [0, 0.1) is 0 Å². The monoisotopic (exact) mass is 183 g/mol. The van der Waals surface area contributed by atoms with Crippen LogP contribution in [0.25, 0.3) is 0 Å². The van der Waals surface area contributed by atoms with Crippen LogP contribution in [-0.4, -0.2) is 31.4 Å². The van der Waals surface area contributed by atoms with E-state index < -0.39 is 0 Å². The topological polar surface area (TPSA) is 30.5 Å². The molecule has 74 valence electrons. The van der Waals surface area contributed by atoms with Gasteiger partial charge in [0.05, 0.1) is 11.2 Å². The number of rotatable bonds is 1. The molecule has 0 radical (unpaired) electrons. The third kappa shape index (κ3) is 1.41. The second kappa shape index (κ2) is 2.72. The third-order valence-corrected chi connectivity index (χ3v) is 3.47. The first-order valence-corrected chi connectivity index (χ1v) is 4.99. The van der Waals surface area contributed by atoms with Crippen LogP contribution in [0.1, 0.15) is 27.7 Å². The molecular formula is C9H18BNO2. The van der Waals surface area contributed by atoms with Crippen molar-refractivity contribution < 1.29 is 9.31 Å². The van der Waals surface area contributed by atoms with Crippen molar-refractivity contribution in [3.63, 3.8) is 0 Å². The molecular weight excluding hydrogens is 165 g/mol. The summed E-state index contributed by atoms with van der Waals surface area (Å²) in [5.41, 5.74) is -0.347. The minimum Gasteiger partial charge on any atom is -0.403 e. The molecule has 2 heterocycles. The van der Waals surface area contributed by atoms with Gasteiger partial charge < -0.3 is 14.6 Å². The van der Waals surface area contributed by atoms with Gasteiger partial charge in [-0.25, -0.2) is 0 Å². The van der Waals surface area contributed by atoms with Gasteiger partial charge in [0, 0.05) is 5.82 Å². The molecule has 1 N–H and O–H groups in total. The summed E-state index contributed by atoms with van der Waals surface area (Å²) in [6.45, 7) is 10.4. The van der Waals surface area contributed by atoms with Gasteiger partial charge in [-0.2, -0.15) is 0 Å². The summed E-state index contributed by atoms with van der Waals surface area (Å²) < 4.78 is 11.8. The van der Waals surface area contributed by atoms with Crippen LogP contribution in [-0.2, 0) is 9.31 Å². The molecule has 0 aliphatic carbocycles. The van der Waals surface area contributed by atoms with E-state index in [0.717, 1.165) is 13.1 Å². The van der Waals surface area contributed by atoms with Crippen molar-refractivity contribution in [3.8, 4) is 0 Å². The summed E-state index contributed by atoms with van der Waals surface area (Å²) >= 11 is 0. The fourth-order valence-corrected chi connectivity index (χ4v) is 1.58. The standard InChI is InChI=1S/C9H18BNO2/c1-8(2)9(3,4)13-10(12-8)7-5-11-6-7/h7,11H,5-6H2,1-4H3. The summed E-state index contributed by atoms with van der Waals surface area (Å²) in [5.74, 6) is 0.543. The molecule has 4 heteroatoms. The van der Waals surface area contributed by atoms with E-state index in [9.17, 15) is 0 Å². The van der Waals surface area contributed by atoms with E-state index >= 15 is 0 Å². The van der Waals surface area contributed by atoms with E-state index in [0.29, 0.717) is 5.82 Å². The van der Waals surface area contributed by atoms with E-state index in [2.05, 4.69) is 33.0 Å². The molecule has 0 unspecified atom stereocenters. The molecule has 2 rings (SSSR count). The molecule has 2 aliphatic heterocycles. The quantitative estimate of drug-likeness (QED) is 0.616. The van der Waals surface area contributed by atoms with Crippen molar-refractivity contribution in [2.24, 2.45) is 0 Å². The van der Waals surface area contributed by atoms with E-state index in [1.54, 1.807) is 0 Å². The summed E-state index contributed by atoms with van der Waals surface area (Å²) in [7, 11) is -0.00810. The molecule has 2 fully saturated rings. The highest BCUT2D eigenvalue weighted by molar-refractivity contribution is 6.48. The number of hydrogen-bond acceptors (Lipinski definition) is 3. The van der Waals surface area contributed by atoms with Gasteiger partial charge in [-0.1, -0.05) is 0 Å². The lowest BCUT2D eigenvalue weighted by Crippen LogP contribution is -2.47. The molecule has 13 heavy (non-hydrogen) atoms. The molecule has 0 bridgehead atoms. The molecule has 0 aromatic heterocycles. The molecule has 0 atom stereocenters. The number of nitrogens with one attached hydrogen (secondary N) is 1. The van der Waals surface area contributed by atoms with E-state index in [1.807, 2.05) is 0 Å². The Bertz CT molecular complexity index is 198. The minimum atomic E-state index is -0.173. The van der Waals surface area contributed by atoms with Gasteiger partial charge in [0.15, 0.2) is 0 Å². The van der Waals surface area contributed by atoms with Crippen LogP contribution in [0.4, 0.5) is 0 Å². The van der Waals surface area contributed by atoms with Gasteiger partial charge in [-0.15, -0.1) is 0 Å². The summed E-state index contributed by atoms with van der Waals surface area (Å²) in [6.07, 6.45) is 0. The summed E-state index contributed by atoms with van der Waals surface area (Å²) in [4.78, 5) is 0. The lowest BCUT2D eigenvalue weighted by molar-refractivity contribution is 0.00578. The summed E-state index contributed by atoms with van der Waals surface area (Å²) in [6, 6.07) is 0. The maximum atomic E-state index is 5.91. The van der Waals surface area contributed by atoms with Crippen LogP contribution in [0.2, 0.25) is 5.82 Å². The van der Waals surface area contributed by atoms with E-state index in [4.69, 9.17) is 9.31 Å². The fourth-order valence-electron chi connectivity index (χ4n) is 1.58. The fraction of sp³-hybridized carbons (Fsp3) is 1.00. The van der Waals surface area contributed by atoms with Gasteiger partial charge in [0.25, 0.3) is 0 Å². The highest BCUT2D eigenvalue weighted by Gasteiger charge is 2.54. The molecule has 0 saturated carbocycles. The SMILES string of the molecule is CC1(C)OB(C2CNC2)OC1(C)C. The van der Waals surface area contributed by atoms with Crippen molar-refractivity contribution in [3.05, 3.63) is 0 Å².